The molecule has 0 aromatic heterocycles. The number of hydrogen-bond acceptors (Lipinski definition) is 5. The van der Waals surface area contributed by atoms with E-state index >= 15 is 0 Å². The van der Waals surface area contributed by atoms with Crippen molar-refractivity contribution in [3.8, 4) is 11.5 Å². The Morgan fingerprint density at radius 1 is 1.03 bits per heavy atom. The molecule has 0 bridgehead atoms. The van der Waals surface area contributed by atoms with Crippen molar-refractivity contribution in [3.63, 3.8) is 0 Å². The number of carbonyl (C=O) groups is 1. The van der Waals surface area contributed by atoms with E-state index in [9.17, 15) is 13.6 Å². The summed E-state index contributed by atoms with van der Waals surface area (Å²) in [6, 6.07) is 6.41. The average molecular weight is 499 g/mol. The molecule has 0 unspecified atom stereocenters. The number of hydrogen-bond donors (Lipinski definition) is 2. The molecule has 3 rings (SSSR count). The standard InChI is InChI=1S/C22H25ClF2N4O3S/c1-31-19-12-18(20(32-2)11-15(19)23)27-22(33)29-7-3-6-28(8-9-29)13-21(30)26-17-5-4-14(24)10-16(17)25/h4-5,10-12H,3,6-9,13H2,1-2H3,(H,26,30)(H,27,33). The number of carbonyl (C=O) groups excluding carboxylic acids is 1. The zero-order valence-electron chi connectivity index (χ0n) is 18.3. The molecule has 7 nitrogen and oxygen atoms in total. The lowest BCUT2D eigenvalue weighted by molar-refractivity contribution is -0.117. The number of nitrogens with one attached hydrogen (secondary N) is 2. The summed E-state index contributed by atoms with van der Waals surface area (Å²) >= 11 is 11.7. The number of ether oxygens (including phenoxy) is 2. The van der Waals surface area contributed by atoms with E-state index in [1.165, 1.54) is 13.2 Å². The van der Waals surface area contributed by atoms with Gasteiger partial charge in [0.25, 0.3) is 0 Å². The zero-order chi connectivity index (χ0) is 24.0. The van der Waals surface area contributed by atoms with E-state index in [0.717, 1.165) is 18.6 Å². The van der Waals surface area contributed by atoms with E-state index in [0.29, 0.717) is 53.5 Å². The van der Waals surface area contributed by atoms with Crippen LogP contribution >= 0.6 is 23.8 Å². The Kier molecular flexibility index (Phi) is 8.65. The van der Waals surface area contributed by atoms with E-state index < -0.39 is 11.6 Å². The van der Waals surface area contributed by atoms with Crippen LogP contribution in [0.25, 0.3) is 0 Å². The minimum Gasteiger partial charge on any atom is -0.495 e. The molecule has 0 aliphatic carbocycles. The molecule has 11 heteroatoms. The highest BCUT2D eigenvalue weighted by molar-refractivity contribution is 7.80. The number of methoxy groups -OCH3 is 2. The third-order valence-electron chi connectivity index (χ3n) is 5.16. The van der Waals surface area contributed by atoms with Crippen LogP contribution in [0.15, 0.2) is 30.3 Å². The van der Waals surface area contributed by atoms with Crippen molar-refractivity contribution < 1.29 is 23.0 Å². The van der Waals surface area contributed by atoms with Crippen LogP contribution in [0.3, 0.4) is 0 Å². The van der Waals surface area contributed by atoms with Crippen molar-refractivity contribution in [2.45, 2.75) is 6.42 Å². The van der Waals surface area contributed by atoms with Gasteiger partial charge in [-0.05, 0) is 30.8 Å². The third-order valence-corrected chi connectivity index (χ3v) is 5.82. The Morgan fingerprint density at radius 3 is 2.48 bits per heavy atom. The molecular weight excluding hydrogens is 474 g/mol. The van der Waals surface area contributed by atoms with Crippen molar-refractivity contribution in [2.75, 3.05) is 57.6 Å². The number of anilines is 2. The van der Waals surface area contributed by atoms with Gasteiger partial charge in [-0.1, -0.05) is 11.6 Å². The Labute approximate surface area is 201 Å². The maximum atomic E-state index is 13.8. The van der Waals surface area contributed by atoms with Gasteiger partial charge in [-0.25, -0.2) is 8.78 Å². The first-order valence-electron chi connectivity index (χ1n) is 10.3. The molecule has 0 atom stereocenters. The largest absolute Gasteiger partial charge is 0.495 e. The summed E-state index contributed by atoms with van der Waals surface area (Å²) in [5.74, 6) is -0.848. The molecule has 1 fully saturated rings. The van der Waals surface area contributed by atoms with Gasteiger partial charge in [0.1, 0.15) is 23.1 Å². The Balaban J connectivity index is 1.56. The molecule has 1 amide bonds. The summed E-state index contributed by atoms with van der Waals surface area (Å²) in [7, 11) is 3.07. The number of rotatable bonds is 6. The van der Waals surface area contributed by atoms with Gasteiger partial charge >= 0.3 is 0 Å². The number of halogens is 3. The van der Waals surface area contributed by atoms with Crippen LogP contribution in [0.5, 0.6) is 11.5 Å². The molecule has 178 valence electrons. The summed E-state index contributed by atoms with van der Waals surface area (Å²) < 4.78 is 37.5. The van der Waals surface area contributed by atoms with E-state index in [1.54, 1.807) is 19.2 Å². The van der Waals surface area contributed by atoms with E-state index in [2.05, 4.69) is 10.6 Å². The van der Waals surface area contributed by atoms with Crippen molar-refractivity contribution >= 4 is 46.2 Å². The van der Waals surface area contributed by atoms with Gasteiger partial charge in [-0.3, -0.25) is 9.69 Å². The molecule has 1 saturated heterocycles. The van der Waals surface area contributed by atoms with E-state index in [-0.39, 0.29) is 18.1 Å². The summed E-state index contributed by atoms with van der Waals surface area (Å²) in [6.45, 7) is 2.65. The minimum atomic E-state index is -0.809. The number of thiocarbonyl (C=S) groups is 1. The van der Waals surface area contributed by atoms with Crippen LogP contribution in [0, 0.1) is 11.6 Å². The lowest BCUT2D eigenvalue weighted by Gasteiger charge is -2.25. The molecule has 1 heterocycles. The summed E-state index contributed by atoms with van der Waals surface area (Å²) in [5.41, 5.74) is 0.584. The van der Waals surface area contributed by atoms with Crippen LogP contribution in [0.4, 0.5) is 20.2 Å². The normalized spacial score (nSPS) is 14.4. The fraction of sp³-hybridized carbons (Fsp3) is 0.364. The summed E-state index contributed by atoms with van der Waals surface area (Å²) in [6.07, 6.45) is 0.779. The molecule has 1 aliphatic heterocycles. The van der Waals surface area contributed by atoms with Gasteiger partial charge in [0.05, 0.1) is 37.2 Å². The van der Waals surface area contributed by atoms with Crippen molar-refractivity contribution in [2.24, 2.45) is 0 Å². The molecule has 0 saturated carbocycles. The van der Waals surface area contributed by atoms with Gasteiger partial charge in [0.15, 0.2) is 5.11 Å². The van der Waals surface area contributed by atoms with Crippen LogP contribution < -0.4 is 20.1 Å². The summed E-state index contributed by atoms with van der Waals surface area (Å²) in [4.78, 5) is 16.3. The van der Waals surface area contributed by atoms with Crippen LogP contribution in [0.1, 0.15) is 6.42 Å². The lowest BCUT2D eigenvalue weighted by atomic mass is 10.2. The molecule has 2 aromatic carbocycles. The molecule has 33 heavy (non-hydrogen) atoms. The van der Waals surface area contributed by atoms with Gasteiger partial charge < -0.3 is 25.0 Å². The molecule has 2 N–H and O–H groups in total. The average Bonchev–Trinajstić information content (AvgIpc) is 3.02. The second-order valence-corrected chi connectivity index (χ2v) is 8.20. The second-order valence-electron chi connectivity index (χ2n) is 7.41. The quantitative estimate of drug-likeness (QED) is 0.584. The highest BCUT2D eigenvalue weighted by Crippen LogP contribution is 2.36. The number of benzene rings is 2. The van der Waals surface area contributed by atoms with Crippen molar-refractivity contribution in [1.82, 2.24) is 9.80 Å². The van der Waals surface area contributed by atoms with Gasteiger partial charge in [-0.2, -0.15) is 0 Å². The van der Waals surface area contributed by atoms with Crippen molar-refractivity contribution in [1.29, 1.82) is 0 Å². The van der Waals surface area contributed by atoms with E-state index in [1.807, 2.05) is 9.80 Å². The monoisotopic (exact) mass is 498 g/mol. The SMILES string of the molecule is COc1cc(NC(=S)N2CCCN(CC(=O)Nc3ccc(F)cc3F)CC2)c(OC)cc1Cl. The maximum Gasteiger partial charge on any atom is 0.238 e. The highest BCUT2D eigenvalue weighted by atomic mass is 35.5. The predicted molar refractivity (Wildman–Crippen MR) is 128 cm³/mol. The maximum absolute atomic E-state index is 13.8. The zero-order valence-corrected chi connectivity index (χ0v) is 19.9. The fourth-order valence-corrected chi connectivity index (χ4v) is 3.99. The Bertz CT molecular complexity index is 1030. The minimum absolute atomic E-state index is 0.0458. The van der Waals surface area contributed by atoms with Gasteiger partial charge in [0.2, 0.25) is 5.91 Å². The Hall–Kier alpha value is -2.69. The highest BCUT2D eigenvalue weighted by Gasteiger charge is 2.20. The summed E-state index contributed by atoms with van der Waals surface area (Å²) in [5, 5.41) is 6.61. The smallest absolute Gasteiger partial charge is 0.238 e. The third kappa shape index (κ3) is 6.66. The first kappa shape index (κ1) is 24.9. The molecule has 0 radical (unpaired) electrons. The van der Waals surface area contributed by atoms with Crippen molar-refractivity contribution in [3.05, 3.63) is 47.0 Å². The molecule has 1 aliphatic rings. The van der Waals surface area contributed by atoms with Crippen LogP contribution in [0.2, 0.25) is 5.02 Å². The first-order chi connectivity index (χ1) is 15.8. The lowest BCUT2D eigenvalue weighted by Crippen LogP contribution is -2.39. The molecule has 0 spiro atoms. The number of amides is 1. The second kappa shape index (κ2) is 11.4. The topological polar surface area (TPSA) is 66.1 Å². The van der Waals surface area contributed by atoms with Crippen LogP contribution in [-0.4, -0.2) is 67.8 Å². The predicted octanol–water partition coefficient (Wildman–Crippen LogP) is 3.98. The molecular formula is C22H25ClF2N4O3S. The number of nitrogens with zero attached hydrogens (tertiary/aromatic N) is 2. The molecule has 2 aromatic rings. The van der Waals surface area contributed by atoms with Gasteiger partial charge in [-0.15, -0.1) is 0 Å². The first-order valence-corrected chi connectivity index (χ1v) is 11.0. The van der Waals surface area contributed by atoms with Gasteiger partial charge in [0, 0.05) is 44.4 Å². The van der Waals surface area contributed by atoms with E-state index in [4.69, 9.17) is 33.3 Å². The Morgan fingerprint density at radius 2 is 1.79 bits per heavy atom. The fourth-order valence-electron chi connectivity index (χ4n) is 3.47. The van der Waals surface area contributed by atoms with Crippen LogP contribution in [-0.2, 0) is 4.79 Å².